The minimum atomic E-state index is -0.0158. The van der Waals surface area contributed by atoms with Crippen LogP contribution in [-0.2, 0) is 4.79 Å². The zero-order valence-corrected chi connectivity index (χ0v) is 12.0. The van der Waals surface area contributed by atoms with Gasteiger partial charge in [-0.25, -0.2) is 0 Å². The standard InChI is InChI=1S/C13H19N3O2S/c1-15-12(17)9-16(2)6-7-18-11-5-3-4-10(8-11)13(14)19/h3-5,8H,6-7,9H2,1-2H3,(H2,14,19)(H,15,17). The lowest BCUT2D eigenvalue weighted by atomic mass is 10.2. The molecule has 19 heavy (non-hydrogen) atoms. The van der Waals surface area contributed by atoms with Crippen molar-refractivity contribution in [1.82, 2.24) is 10.2 Å². The molecule has 104 valence electrons. The fourth-order valence-electron chi connectivity index (χ4n) is 1.46. The third kappa shape index (κ3) is 5.67. The van der Waals surface area contributed by atoms with E-state index in [1.54, 1.807) is 13.1 Å². The van der Waals surface area contributed by atoms with Crippen LogP contribution in [0.4, 0.5) is 0 Å². The molecule has 5 nitrogen and oxygen atoms in total. The molecule has 1 aromatic carbocycles. The highest BCUT2D eigenvalue weighted by molar-refractivity contribution is 7.80. The first-order valence-corrected chi connectivity index (χ1v) is 6.35. The van der Waals surface area contributed by atoms with Gasteiger partial charge in [0.15, 0.2) is 0 Å². The van der Waals surface area contributed by atoms with Crippen LogP contribution in [0.25, 0.3) is 0 Å². The van der Waals surface area contributed by atoms with Crippen molar-refractivity contribution < 1.29 is 9.53 Å². The van der Waals surface area contributed by atoms with Crippen molar-refractivity contribution in [3.8, 4) is 5.75 Å². The molecule has 0 aromatic heterocycles. The van der Waals surface area contributed by atoms with Gasteiger partial charge in [0.05, 0.1) is 6.54 Å². The largest absolute Gasteiger partial charge is 0.492 e. The molecule has 3 N–H and O–H groups in total. The smallest absolute Gasteiger partial charge is 0.233 e. The zero-order valence-electron chi connectivity index (χ0n) is 11.2. The highest BCUT2D eigenvalue weighted by Gasteiger charge is 2.04. The number of nitrogens with two attached hydrogens (primary N) is 1. The molecular formula is C13H19N3O2S. The van der Waals surface area contributed by atoms with Crippen LogP contribution in [0.2, 0.25) is 0 Å². The number of hydrogen-bond acceptors (Lipinski definition) is 4. The van der Waals surface area contributed by atoms with Gasteiger partial charge in [-0.3, -0.25) is 9.69 Å². The highest BCUT2D eigenvalue weighted by Crippen LogP contribution is 2.13. The third-order valence-corrected chi connectivity index (χ3v) is 2.79. The summed E-state index contributed by atoms with van der Waals surface area (Å²) < 4.78 is 5.59. The van der Waals surface area contributed by atoms with Crippen molar-refractivity contribution in [2.75, 3.05) is 33.8 Å². The lowest BCUT2D eigenvalue weighted by Gasteiger charge is -2.16. The molecule has 0 heterocycles. The SMILES string of the molecule is CNC(=O)CN(C)CCOc1cccc(C(N)=S)c1. The Bertz CT molecular complexity index is 451. The molecule has 0 saturated heterocycles. The fourth-order valence-corrected chi connectivity index (χ4v) is 1.59. The summed E-state index contributed by atoms with van der Waals surface area (Å²) >= 11 is 4.91. The van der Waals surface area contributed by atoms with Gasteiger partial charge in [-0.05, 0) is 19.2 Å². The van der Waals surface area contributed by atoms with Gasteiger partial charge in [0, 0.05) is 19.2 Å². The van der Waals surface area contributed by atoms with Gasteiger partial charge in [0.1, 0.15) is 17.3 Å². The van der Waals surface area contributed by atoms with Crippen LogP contribution in [0.15, 0.2) is 24.3 Å². The molecule has 0 aliphatic heterocycles. The number of carbonyl (C=O) groups is 1. The Morgan fingerprint density at radius 2 is 2.26 bits per heavy atom. The third-order valence-electron chi connectivity index (χ3n) is 2.55. The molecule has 0 atom stereocenters. The van der Waals surface area contributed by atoms with Gasteiger partial charge in [0.2, 0.25) is 5.91 Å². The topological polar surface area (TPSA) is 67.6 Å². The maximum Gasteiger partial charge on any atom is 0.233 e. The van der Waals surface area contributed by atoms with Crippen LogP contribution in [0, 0.1) is 0 Å². The van der Waals surface area contributed by atoms with Crippen molar-refractivity contribution in [3.05, 3.63) is 29.8 Å². The summed E-state index contributed by atoms with van der Waals surface area (Å²) in [6.07, 6.45) is 0. The highest BCUT2D eigenvalue weighted by atomic mass is 32.1. The first kappa shape index (κ1) is 15.4. The van der Waals surface area contributed by atoms with Crippen molar-refractivity contribution >= 4 is 23.1 Å². The molecule has 0 aliphatic rings. The summed E-state index contributed by atoms with van der Waals surface area (Å²) in [6, 6.07) is 7.34. The second-order valence-corrected chi connectivity index (χ2v) is 4.59. The quantitative estimate of drug-likeness (QED) is 0.707. The number of rotatable bonds is 7. The van der Waals surface area contributed by atoms with E-state index >= 15 is 0 Å². The molecule has 0 aliphatic carbocycles. The van der Waals surface area contributed by atoms with Crippen LogP contribution in [0.1, 0.15) is 5.56 Å². The number of nitrogens with one attached hydrogen (secondary N) is 1. The van der Waals surface area contributed by atoms with Gasteiger partial charge in [0.25, 0.3) is 0 Å². The number of nitrogens with zero attached hydrogens (tertiary/aromatic N) is 1. The number of carbonyl (C=O) groups excluding carboxylic acids is 1. The average molecular weight is 281 g/mol. The number of thiocarbonyl (C=S) groups is 1. The number of ether oxygens (including phenoxy) is 1. The Hall–Kier alpha value is -1.66. The van der Waals surface area contributed by atoms with E-state index in [1.165, 1.54) is 0 Å². The summed E-state index contributed by atoms with van der Waals surface area (Å²) in [7, 11) is 3.48. The Balaban J connectivity index is 2.38. The van der Waals surface area contributed by atoms with Crippen molar-refractivity contribution in [2.24, 2.45) is 5.73 Å². The first-order valence-electron chi connectivity index (χ1n) is 5.94. The fraction of sp³-hybridized carbons (Fsp3) is 0.385. The molecule has 0 spiro atoms. The van der Waals surface area contributed by atoms with Gasteiger partial charge < -0.3 is 15.8 Å². The van der Waals surface area contributed by atoms with Crippen molar-refractivity contribution in [1.29, 1.82) is 0 Å². The van der Waals surface area contributed by atoms with Crippen molar-refractivity contribution in [3.63, 3.8) is 0 Å². The van der Waals surface area contributed by atoms with E-state index in [2.05, 4.69) is 5.32 Å². The van der Waals surface area contributed by atoms with Gasteiger partial charge in [-0.15, -0.1) is 0 Å². The molecule has 1 aromatic rings. The second-order valence-electron chi connectivity index (χ2n) is 4.15. The van der Waals surface area contributed by atoms with E-state index in [1.807, 2.05) is 30.1 Å². The number of benzene rings is 1. The van der Waals surface area contributed by atoms with E-state index in [0.29, 0.717) is 24.7 Å². The summed E-state index contributed by atoms with van der Waals surface area (Å²) in [4.78, 5) is 13.4. The summed E-state index contributed by atoms with van der Waals surface area (Å²) in [5.41, 5.74) is 6.34. The molecule has 1 amide bonds. The molecule has 0 saturated carbocycles. The Kier molecular flexibility index (Phi) is 6.24. The summed E-state index contributed by atoms with van der Waals surface area (Å²) in [5, 5.41) is 2.57. The molecule has 0 radical (unpaired) electrons. The van der Waals surface area contributed by atoms with Gasteiger partial charge in [-0.2, -0.15) is 0 Å². The first-order chi connectivity index (χ1) is 9.02. The van der Waals surface area contributed by atoms with E-state index in [-0.39, 0.29) is 5.91 Å². The summed E-state index contributed by atoms with van der Waals surface area (Å²) in [6.45, 7) is 1.51. The molecular weight excluding hydrogens is 262 g/mol. The molecule has 0 bridgehead atoms. The van der Waals surface area contributed by atoms with Crippen molar-refractivity contribution in [2.45, 2.75) is 0 Å². The predicted molar refractivity (Wildman–Crippen MR) is 79.4 cm³/mol. The van der Waals surface area contributed by atoms with Crippen LogP contribution in [0.5, 0.6) is 5.75 Å². The Labute approximate surface area is 118 Å². The molecule has 0 fully saturated rings. The normalized spacial score (nSPS) is 10.3. The number of likely N-dealkylation sites (N-methyl/N-ethyl adjacent to an activating group) is 2. The zero-order chi connectivity index (χ0) is 14.3. The Morgan fingerprint density at radius 3 is 2.89 bits per heavy atom. The lowest BCUT2D eigenvalue weighted by molar-refractivity contribution is -0.121. The average Bonchev–Trinajstić information content (AvgIpc) is 2.38. The number of amides is 1. The molecule has 0 unspecified atom stereocenters. The predicted octanol–water partition coefficient (Wildman–Crippen LogP) is 0.377. The van der Waals surface area contributed by atoms with Crippen LogP contribution < -0.4 is 15.8 Å². The summed E-state index contributed by atoms with van der Waals surface area (Å²) in [5.74, 6) is 0.705. The van der Waals surface area contributed by atoms with E-state index in [4.69, 9.17) is 22.7 Å². The van der Waals surface area contributed by atoms with Gasteiger partial charge in [-0.1, -0.05) is 24.4 Å². The van der Waals surface area contributed by atoms with Crippen LogP contribution in [-0.4, -0.2) is 49.6 Å². The monoisotopic (exact) mass is 281 g/mol. The van der Waals surface area contributed by atoms with Gasteiger partial charge >= 0.3 is 0 Å². The van der Waals surface area contributed by atoms with Crippen LogP contribution >= 0.6 is 12.2 Å². The maximum atomic E-state index is 11.2. The molecule has 1 rings (SSSR count). The van der Waals surface area contributed by atoms with E-state index < -0.39 is 0 Å². The Morgan fingerprint density at radius 1 is 1.53 bits per heavy atom. The van der Waals surface area contributed by atoms with E-state index in [0.717, 1.165) is 11.3 Å². The maximum absolute atomic E-state index is 11.2. The second kappa shape index (κ2) is 7.70. The lowest BCUT2D eigenvalue weighted by Crippen LogP contribution is -2.35. The van der Waals surface area contributed by atoms with Crippen LogP contribution in [0.3, 0.4) is 0 Å². The minimum absolute atomic E-state index is 0.0158. The minimum Gasteiger partial charge on any atom is -0.492 e. The molecule has 6 heteroatoms. The van der Waals surface area contributed by atoms with E-state index in [9.17, 15) is 4.79 Å². The number of hydrogen-bond donors (Lipinski definition) is 2.